The van der Waals surface area contributed by atoms with Crippen molar-refractivity contribution in [3.05, 3.63) is 28.3 Å². The second-order valence-corrected chi connectivity index (χ2v) is 5.83. The molecule has 1 aromatic carbocycles. The van der Waals surface area contributed by atoms with Crippen molar-refractivity contribution in [1.29, 1.82) is 0 Å². The molecular formula is C12H19N3O5S. The molecule has 0 aliphatic heterocycles. The fourth-order valence-electron chi connectivity index (χ4n) is 1.65. The van der Waals surface area contributed by atoms with Crippen LogP contribution >= 0.6 is 0 Å². The van der Waals surface area contributed by atoms with Crippen LogP contribution in [0.1, 0.15) is 13.8 Å². The molecule has 0 aliphatic rings. The fourth-order valence-corrected chi connectivity index (χ4v) is 2.72. The zero-order chi connectivity index (χ0) is 15.9. The Labute approximate surface area is 123 Å². The average Bonchev–Trinajstić information content (AvgIpc) is 2.43. The van der Waals surface area contributed by atoms with Crippen molar-refractivity contribution in [3.8, 4) is 0 Å². The first-order valence-corrected chi connectivity index (χ1v) is 8.00. The van der Waals surface area contributed by atoms with Gasteiger partial charge in [0.1, 0.15) is 5.69 Å². The van der Waals surface area contributed by atoms with E-state index < -0.39 is 14.9 Å². The van der Waals surface area contributed by atoms with Crippen molar-refractivity contribution in [3.63, 3.8) is 0 Å². The van der Waals surface area contributed by atoms with Crippen molar-refractivity contribution >= 4 is 21.4 Å². The van der Waals surface area contributed by atoms with Gasteiger partial charge in [-0.15, -0.1) is 0 Å². The number of sulfonamides is 1. The van der Waals surface area contributed by atoms with Crippen LogP contribution in [-0.2, 0) is 14.8 Å². The van der Waals surface area contributed by atoms with Crippen LogP contribution in [0.15, 0.2) is 23.1 Å². The molecule has 0 unspecified atom stereocenters. The van der Waals surface area contributed by atoms with Crippen LogP contribution in [-0.4, -0.2) is 39.6 Å². The minimum absolute atomic E-state index is 0.133. The molecule has 0 fully saturated rings. The summed E-state index contributed by atoms with van der Waals surface area (Å²) < 4.78 is 31.1. The van der Waals surface area contributed by atoms with E-state index in [4.69, 9.17) is 4.74 Å². The third-order valence-electron chi connectivity index (χ3n) is 2.58. The maximum absolute atomic E-state index is 11.8. The molecule has 0 heterocycles. The zero-order valence-electron chi connectivity index (χ0n) is 12.0. The molecule has 0 aliphatic carbocycles. The average molecular weight is 317 g/mol. The van der Waals surface area contributed by atoms with Gasteiger partial charge < -0.3 is 10.1 Å². The highest BCUT2D eigenvalue weighted by Gasteiger charge is 2.20. The lowest BCUT2D eigenvalue weighted by atomic mass is 10.2. The van der Waals surface area contributed by atoms with Crippen LogP contribution in [0.3, 0.4) is 0 Å². The third kappa shape index (κ3) is 4.96. The van der Waals surface area contributed by atoms with Crippen LogP contribution < -0.4 is 10.0 Å². The normalized spacial score (nSPS) is 11.3. The number of nitro groups is 1. The molecule has 1 aromatic rings. The first-order chi connectivity index (χ1) is 9.92. The molecule has 9 heteroatoms. The Kier molecular flexibility index (Phi) is 6.53. The third-order valence-corrected chi connectivity index (χ3v) is 4.12. The van der Waals surface area contributed by atoms with Crippen LogP contribution in [0.4, 0.5) is 11.4 Å². The highest BCUT2D eigenvalue weighted by Crippen LogP contribution is 2.27. The molecule has 2 N–H and O–H groups in total. The van der Waals surface area contributed by atoms with Gasteiger partial charge in [0, 0.05) is 25.8 Å². The summed E-state index contributed by atoms with van der Waals surface area (Å²) in [4.78, 5) is 10.3. The number of ether oxygens (including phenoxy) is 1. The van der Waals surface area contributed by atoms with Gasteiger partial charge in [0.2, 0.25) is 10.0 Å². The van der Waals surface area contributed by atoms with Gasteiger partial charge in [0.15, 0.2) is 0 Å². The van der Waals surface area contributed by atoms with Gasteiger partial charge in [-0.1, -0.05) is 6.92 Å². The smallest absolute Gasteiger partial charge is 0.293 e. The Morgan fingerprint density at radius 2 is 2.05 bits per heavy atom. The highest BCUT2D eigenvalue weighted by atomic mass is 32.2. The lowest BCUT2D eigenvalue weighted by Crippen LogP contribution is -2.23. The topological polar surface area (TPSA) is 111 Å². The van der Waals surface area contributed by atoms with E-state index >= 15 is 0 Å². The van der Waals surface area contributed by atoms with Gasteiger partial charge in [0.25, 0.3) is 5.69 Å². The van der Waals surface area contributed by atoms with Gasteiger partial charge in [-0.25, -0.2) is 13.1 Å². The van der Waals surface area contributed by atoms with E-state index in [9.17, 15) is 18.5 Å². The maximum Gasteiger partial charge on any atom is 0.293 e. The minimum Gasteiger partial charge on any atom is -0.380 e. The first kappa shape index (κ1) is 17.3. The minimum atomic E-state index is -3.72. The van der Waals surface area contributed by atoms with Crippen molar-refractivity contribution in [1.82, 2.24) is 4.72 Å². The summed E-state index contributed by atoms with van der Waals surface area (Å²) in [7, 11) is -3.72. The van der Waals surface area contributed by atoms with Crippen LogP contribution in [0.25, 0.3) is 0 Å². The summed E-state index contributed by atoms with van der Waals surface area (Å²) in [6.45, 7) is 5.06. The molecule has 0 atom stereocenters. The summed E-state index contributed by atoms with van der Waals surface area (Å²) >= 11 is 0. The van der Waals surface area contributed by atoms with E-state index in [-0.39, 0.29) is 22.8 Å². The van der Waals surface area contributed by atoms with E-state index in [1.54, 1.807) is 6.92 Å². The standard InChI is InChI=1S/C12H19N3O5S/c1-3-14-21(18,19)10-5-6-11(12(9-10)15(16)17)13-7-8-20-4-2/h5-6,9,13-14H,3-4,7-8H2,1-2H3. The van der Waals surface area contributed by atoms with Crippen LogP contribution in [0, 0.1) is 10.1 Å². The highest BCUT2D eigenvalue weighted by molar-refractivity contribution is 7.89. The van der Waals surface area contributed by atoms with Crippen molar-refractivity contribution in [2.75, 3.05) is 31.6 Å². The monoisotopic (exact) mass is 317 g/mol. The van der Waals surface area contributed by atoms with Gasteiger partial charge in [-0.05, 0) is 19.1 Å². The molecule has 0 aromatic heterocycles. The predicted octanol–water partition coefficient (Wildman–Crippen LogP) is 1.34. The number of anilines is 1. The van der Waals surface area contributed by atoms with E-state index in [0.29, 0.717) is 19.8 Å². The number of hydrogen-bond acceptors (Lipinski definition) is 6. The number of nitrogens with one attached hydrogen (secondary N) is 2. The summed E-state index contributed by atoms with van der Waals surface area (Å²) in [5.74, 6) is 0. The molecule has 8 nitrogen and oxygen atoms in total. The fraction of sp³-hybridized carbons (Fsp3) is 0.500. The molecular weight excluding hydrogens is 298 g/mol. The van der Waals surface area contributed by atoms with Crippen molar-refractivity contribution in [2.45, 2.75) is 18.7 Å². The summed E-state index contributed by atoms with van der Waals surface area (Å²) in [6.07, 6.45) is 0. The van der Waals surface area contributed by atoms with Gasteiger partial charge >= 0.3 is 0 Å². The Balaban J connectivity index is 3.00. The Hall–Kier alpha value is -1.71. The number of hydrogen-bond donors (Lipinski definition) is 2. The van der Waals surface area contributed by atoms with Gasteiger partial charge in [0.05, 0.1) is 16.4 Å². The molecule has 0 saturated heterocycles. The summed E-state index contributed by atoms with van der Waals surface area (Å²) in [6, 6.07) is 3.75. The maximum atomic E-state index is 11.8. The van der Waals surface area contributed by atoms with E-state index in [2.05, 4.69) is 10.0 Å². The molecule has 0 bridgehead atoms. The largest absolute Gasteiger partial charge is 0.380 e. The zero-order valence-corrected chi connectivity index (χ0v) is 12.8. The SMILES string of the molecule is CCNS(=O)(=O)c1ccc(NCCOCC)c([N+](=O)[O-])c1. The molecule has 1 rings (SSSR count). The summed E-state index contributed by atoms with van der Waals surface area (Å²) in [5, 5.41) is 13.9. The molecule has 0 radical (unpaired) electrons. The second-order valence-electron chi connectivity index (χ2n) is 4.06. The number of nitrogens with zero attached hydrogens (tertiary/aromatic N) is 1. The Morgan fingerprint density at radius 1 is 1.33 bits per heavy atom. The molecule has 118 valence electrons. The van der Waals surface area contributed by atoms with E-state index in [1.165, 1.54) is 12.1 Å². The first-order valence-electron chi connectivity index (χ1n) is 6.52. The molecule has 0 amide bonds. The van der Waals surface area contributed by atoms with Crippen molar-refractivity contribution in [2.24, 2.45) is 0 Å². The van der Waals surface area contributed by atoms with Crippen molar-refractivity contribution < 1.29 is 18.1 Å². The van der Waals surface area contributed by atoms with Gasteiger partial charge in [-0.2, -0.15) is 0 Å². The summed E-state index contributed by atoms with van der Waals surface area (Å²) in [5.41, 5.74) is -0.0272. The quantitative estimate of drug-likeness (QED) is 0.404. The molecule has 0 spiro atoms. The van der Waals surface area contributed by atoms with Crippen LogP contribution in [0.2, 0.25) is 0 Å². The van der Waals surface area contributed by atoms with Gasteiger partial charge in [-0.3, -0.25) is 10.1 Å². The van der Waals surface area contributed by atoms with E-state index in [1.807, 2.05) is 6.92 Å². The van der Waals surface area contributed by atoms with E-state index in [0.717, 1.165) is 6.07 Å². The lowest BCUT2D eigenvalue weighted by molar-refractivity contribution is -0.384. The number of nitro benzene ring substituents is 1. The second kappa shape index (κ2) is 7.91. The molecule has 0 saturated carbocycles. The Bertz CT molecular complexity index is 589. The molecule has 21 heavy (non-hydrogen) atoms. The predicted molar refractivity (Wildman–Crippen MR) is 78.9 cm³/mol. The van der Waals surface area contributed by atoms with Crippen LogP contribution in [0.5, 0.6) is 0 Å². The number of rotatable bonds is 9. The Morgan fingerprint density at radius 3 is 2.62 bits per heavy atom. The lowest BCUT2D eigenvalue weighted by Gasteiger charge is -2.09. The number of benzene rings is 1.